The van der Waals surface area contributed by atoms with Crippen molar-refractivity contribution >= 4 is 5.91 Å². The van der Waals surface area contributed by atoms with Crippen LogP contribution in [0.15, 0.2) is 54.7 Å². The Bertz CT molecular complexity index is 625. The fourth-order valence-electron chi connectivity index (χ4n) is 2.78. The average molecular weight is 311 g/mol. The van der Waals surface area contributed by atoms with Gasteiger partial charge < -0.3 is 15.4 Å². The number of hydrogen-bond acceptors (Lipinski definition) is 4. The number of benzene rings is 1. The van der Waals surface area contributed by atoms with Crippen molar-refractivity contribution in [3.63, 3.8) is 0 Å². The van der Waals surface area contributed by atoms with Gasteiger partial charge >= 0.3 is 0 Å². The van der Waals surface area contributed by atoms with Crippen LogP contribution in [0.3, 0.4) is 0 Å². The van der Waals surface area contributed by atoms with E-state index in [0.717, 1.165) is 18.4 Å². The molecule has 120 valence electrons. The summed E-state index contributed by atoms with van der Waals surface area (Å²) in [5.74, 6) is 0.616. The van der Waals surface area contributed by atoms with Crippen LogP contribution in [0.4, 0.5) is 0 Å². The highest BCUT2D eigenvalue weighted by Gasteiger charge is 2.27. The van der Waals surface area contributed by atoms with E-state index in [2.05, 4.69) is 4.98 Å². The molecule has 0 saturated carbocycles. The number of rotatable bonds is 4. The van der Waals surface area contributed by atoms with Crippen molar-refractivity contribution in [2.75, 3.05) is 13.1 Å². The highest BCUT2D eigenvalue weighted by Crippen LogP contribution is 2.20. The summed E-state index contributed by atoms with van der Waals surface area (Å²) in [5, 5.41) is 0. The Labute approximate surface area is 136 Å². The average Bonchev–Trinajstić information content (AvgIpc) is 2.63. The molecule has 23 heavy (non-hydrogen) atoms. The topological polar surface area (TPSA) is 68.5 Å². The highest BCUT2D eigenvalue weighted by atomic mass is 16.5. The molecule has 3 rings (SSSR count). The maximum atomic E-state index is 12.5. The summed E-state index contributed by atoms with van der Waals surface area (Å²) in [5.41, 5.74) is 6.95. The molecule has 1 amide bonds. The lowest BCUT2D eigenvalue weighted by atomic mass is 10.0. The lowest BCUT2D eigenvalue weighted by Gasteiger charge is -2.33. The summed E-state index contributed by atoms with van der Waals surface area (Å²) in [6, 6.07) is 14.5. The van der Waals surface area contributed by atoms with E-state index in [-0.39, 0.29) is 12.0 Å². The van der Waals surface area contributed by atoms with Gasteiger partial charge in [-0.25, -0.2) is 4.98 Å². The van der Waals surface area contributed by atoms with Crippen LogP contribution in [0, 0.1) is 0 Å². The normalized spacial score (nSPS) is 16.8. The summed E-state index contributed by atoms with van der Waals surface area (Å²) < 4.78 is 5.85. The molecule has 0 aliphatic carbocycles. The number of pyridine rings is 1. The smallest absolute Gasteiger partial charge is 0.244 e. The number of nitrogens with zero attached hydrogens (tertiary/aromatic N) is 2. The largest absolute Gasteiger partial charge is 0.474 e. The van der Waals surface area contributed by atoms with Gasteiger partial charge in [-0.05, 0) is 11.6 Å². The summed E-state index contributed by atoms with van der Waals surface area (Å²) in [6.45, 7) is 1.33. The Balaban J connectivity index is 1.53. The van der Waals surface area contributed by atoms with E-state index < -0.39 is 6.04 Å². The second-order valence-corrected chi connectivity index (χ2v) is 5.70. The zero-order valence-corrected chi connectivity index (χ0v) is 13.0. The van der Waals surface area contributed by atoms with Gasteiger partial charge in [0.2, 0.25) is 11.8 Å². The van der Waals surface area contributed by atoms with Gasteiger partial charge in [0.1, 0.15) is 12.1 Å². The first kappa shape index (κ1) is 15.5. The van der Waals surface area contributed by atoms with E-state index in [1.165, 1.54) is 0 Å². The van der Waals surface area contributed by atoms with Crippen molar-refractivity contribution in [3.05, 3.63) is 60.3 Å². The molecule has 2 N–H and O–H groups in total. The molecule has 0 spiro atoms. The molecule has 1 aromatic carbocycles. The predicted molar refractivity (Wildman–Crippen MR) is 87.8 cm³/mol. The van der Waals surface area contributed by atoms with Gasteiger partial charge in [0.05, 0.1) is 0 Å². The SMILES string of the molecule is N[C@@H](C(=O)N1CCC(Oc2ccccn2)CC1)c1ccccc1. The van der Waals surface area contributed by atoms with Crippen LogP contribution in [0.25, 0.3) is 0 Å². The first-order valence-electron chi connectivity index (χ1n) is 7.91. The van der Waals surface area contributed by atoms with Gasteiger partial charge in [-0.15, -0.1) is 0 Å². The van der Waals surface area contributed by atoms with Crippen LogP contribution >= 0.6 is 0 Å². The van der Waals surface area contributed by atoms with Crippen molar-refractivity contribution in [1.29, 1.82) is 0 Å². The van der Waals surface area contributed by atoms with Crippen LogP contribution in [0.1, 0.15) is 24.4 Å². The Morgan fingerprint density at radius 1 is 1.13 bits per heavy atom. The standard InChI is InChI=1S/C18H21N3O2/c19-17(14-6-2-1-3-7-14)18(22)21-12-9-15(10-13-21)23-16-8-4-5-11-20-16/h1-8,11,15,17H,9-10,12-13,19H2/t17-/m1/s1. The van der Waals surface area contributed by atoms with E-state index in [1.807, 2.05) is 53.4 Å². The number of amides is 1. The lowest BCUT2D eigenvalue weighted by Crippen LogP contribution is -2.45. The number of carbonyl (C=O) groups is 1. The predicted octanol–water partition coefficient (Wildman–Crippen LogP) is 2.15. The molecule has 1 atom stereocenters. The van der Waals surface area contributed by atoms with Crippen molar-refractivity contribution in [2.24, 2.45) is 5.73 Å². The number of nitrogens with two attached hydrogens (primary N) is 1. The molecule has 0 bridgehead atoms. The van der Waals surface area contributed by atoms with Crippen molar-refractivity contribution in [1.82, 2.24) is 9.88 Å². The fourth-order valence-corrected chi connectivity index (χ4v) is 2.78. The molecule has 0 unspecified atom stereocenters. The molecule has 5 heteroatoms. The zero-order chi connectivity index (χ0) is 16.1. The Hall–Kier alpha value is -2.40. The van der Waals surface area contributed by atoms with Gasteiger partial charge in [-0.3, -0.25) is 4.79 Å². The third-order valence-corrected chi connectivity index (χ3v) is 4.10. The first-order valence-corrected chi connectivity index (χ1v) is 7.91. The van der Waals surface area contributed by atoms with Crippen molar-refractivity contribution < 1.29 is 9.53 Å². The Morgan fingerprint density at radius 3 is 2.48 bits per heavy atom. The van der Waals surface area contributed by atoms with Gasteiger partial charge in [0.15, 0.2) is 0 Å². The summed E-state index contributed by atoms with van der Waals surface area (Å²) in [7, 11) is 0. The Kier molecular flexibility index (Phi) is 4.88. The molecule has 1 saturated heterocycles. The molecule has 1 aliphatic rings. The second-order valence-electron chi connectivity index (χ2n) is 5.70. The van der Waals surface area contributed by atoms with Crippen LogP contribution in [-0.2, 0) is 4.79 Å². The summed E-state index contributed by atoms with van der Waals surface area (Å²) >= 11 is 0. The molecule has 1 aliphatic heterocycles. The minimum atomic E-state index is -0.593. The molecular formula is C18H21N3O2. The number of aromatic nitrogens is 1. The lowest BCUT2D eigenvalue weighted by molar-refractivity contribution is -0.134. The van der Waals surface area contributed by atoms with Gasteiger partial charge in [0.25, 0.3) is 0 Å². The van der Waals surface area contributed by atoms with Gasteiger partial charge in [0, 0.05) is 38.2 Å². The van der Waals surface area contributed by atoms with Gasteiger partial charge in [-0.1, -0.05) is 36.4 Å². The maximum Gasteiger partial charge on any atom is 0.244 e. The molecule has 2 aromatic rings. The first-order chi connectivity index (χ1) is 11.2. The number of carbonyl (C=O) groups excluding carboxylic acids is 1. The monoisotopic (exact) mass is 311 g/mol. The molecular weight excluding hydrogens is 290 g/mol. The molecule has 1 fully saturated rings. The third-order valence-electron chi connectivity index (χ3n) is 4.10. The summed E-state index contributed by atoms with van der Waals surface area (Å²) in [4.78, 5) is 18.5. The third kappa shape index (κ3) is 3.87. The van der Waals surface area contributed by atoms with Crippen LogP contribution in [0.2, 0.25) is 0 Å². The van der Waals surface area contributed by atoms with Crippen molar-refractivity contribution in [2.45, 2.75) is 25.0 Å². The zero-order valence-electron chi connectivity index (χ0n) is 13.0. The van der Waals surface area contributed by atoms with Crippen LogP contribution < -0.4 is 10.5 Å². The molecule has 1 aromatic heterocycles. The minimum Gasteiger partial charge on any atom is -0.474 e. The number of hydrogen-bond donors (Lipinski definition) is 1. The maximum absolute atomic E-state index is 12.5. The Morgan fingerprint density at radius 2 is 1.83 bits per heavy atom. The van der Waals surface area contributed by atoms with Crippen LogP contribution in [-0.4, -0.2) is 35.0 Å². The van der Waals surface area contributed by atoms with Gasteiger partial charge in [-0.2, -0.15) is 0 Å². The fraction of sp³-hybridized carbons (Fsp3) is 0.333. The number of likely N-dealkylation sites (tertiary alicyclic amines) is 1. The second kappa shape index (κ2) is 7.24. The van der Waals surface area contributed by atoms with Crippen LogP contribution in [0.5, 0.6) is 5.88 Å². The summed E-state index contributed by atoms with van der Waals surface area (Å²) in [6.07, 6.45) is 3.41. The van der Waals surface area contributed by atoms with E-state index in [9.17, 15) is 4.79 Å². The number of ether oxygens (including phenoxy) is 1. The van der Waals surface area contributed by atoms with E-state index in [1.54, 1.807) is 6.20 Å². The molecule has 0 radical (unpaired) electrons. The highest BCUT2D eigenvalue weighted by molar-refractivity contribution is 5.83. The number of piperidine rings is 1. The van der Waals surface area contributed by atoms with E-state index >= 15 is 0 Å². The molecule has 5 nitrogen and oxygen atoms in total. The minimum absolute atomic E-state index is 0.0208. The van der Waals surface area contributed by atoms with E-state index in [4.69, 9.17) is 10.5 Å². The van der Waals surface area contributed by atoms with E-state index in [0.29, 0.717) is 19.0 Å². The van der Waals surface area contributed by atoms with Crippen molar-refractivity contribution in [3.8, 4) is 5.88 Å². The molecule has 2 heterocycles. The quantitative estimate of drug-likeness (QED) is 0.939.